The van der Waals surface area contributed by atoms with Crippen LogP contribution in [-0.2, 0) is 0 Å². The maximum Gasteiger partial charge on any atom is 0.0257 e. The smallest absolute Gasteiger partial charge is 0.0257 e. The Morgan fingerprint density at radius 2 is 2.15 bits per heavy atom. The molecule has 0 aromatic rings. The van der Waals surface area contributed by atoms with Gasteiger partial charge in [-0.05, 0) is 54.8 Å². The molecule has 0 aliphatic heterocycles. The molecule has 0 amide bonds. The molecule has 5 unspecified atom stereocenters. The summed E-state index contributed by atoms with van der Waals surface area (Å²) in [5.41, 5.74) is 0.668. The van der Waals surface area contributed by atoms with Crippen LogP contribution in [0.25, 0.3) is 0 Å². The standard InChI is InChI=1S/C12H19Cl/c1-12(6-10(12)7-13)11-5-8-2-3-9(11)4-8/h8-11H,2-7H2,1H3. The SMILES string of the molecule is CC1(C2CC3CCC2C3)CC1CCl. The summed E-state index contributed by atoms with van der Waals surface area (Å²) in [6.45, 7) is 2.49. The first-order valence-electron chi connectivity index (χ1n) is 5.80. The molecular weight excluding hydrogens is 180 g/mol. The van der Waals surface area contributed by atoms with Crippen molar-refractivity contribution in [3.8, 4) is 0 Å². The molecule has 0 radical (unpaired) electrons. The fourth-order valence-electron chi connectivity index (χ4n) is 4.21. The van der Waals surface area contributed by atoms with E-state index in [0.717, 1.165) is 29.6 Å². The fraction of sp³-hybridized carbons (Fsp3) is 1.00. The summed E-state index contributed by atoms with van der Waals surface area (Å²) in [6, 6.07) is 0. The monoisotopic (exact) mass is 198 g/mol. The van der Waals surface area contributed by atoms with Crippen LogP contribution in [0, 0.1) is 29.1 Å². The van der Waals surface area contributed by atoms with E-state index in [4.69, 9.17) is 11.6 Å². The Hall–Kier alpha value is 0.290. The number of fused-ring (bicyclic) bond motifs is 2. The van der Waals surface area contributed by atoms with Crippen LogP contribution in [0.3, 0.4) is 0 Å². The molecule has 74 valence electrons. The van der Waals surface area contributed by atoms with Crippen LogP contribution in [0.4, 0.5) is 0 Å². The van der Waals surface area contributed by atoms with Crippen molar-refractivity contribution in [3.63, 3.8) is 0 Å². The molecule has 0 nitrogen and oxygen atoms in total. The third-order valence-corrected chi connectivity index (χ3v) is 5.60. The molecule has 3 aliphatic carbocycles. The quantitative estimate of drug-likeness (QED) is 0.594. The molecule has 5 atom stereocenters. The summed E-state index contributed by atoms with van der Waals surface area (Å²) in [7, 11) is 0. The van der Waals surface area contributed by atoms with E-state index in [9.17, 15) is 0 Å². The number of rotatable bonds is 2. The Bertz CT molecular complexity index is 225. The number of hydrogen-bond donors (Lipinski definition) is 0. The van der Waals surface area contributed by atoms with E-state index in [1.165, 1.54) is 25.7 Å². The zero-order chi connectivity index (χ0) is 9.05. The molecule has 0 spiro atoms. The lowest BCUT2D eigenvalue weighted by atomic mass is 9.77. The number of halogens is 1. The van der Waals surface area contributed by atoms with Crippen molar-refractivity contribution >= 4 is 11.6 Å². The third-order valence-electron chi connectivity index (χ3n) is 5.23. The Morgan fingerprint density at radius 1 is 1.31 bits per heavy atom. The second kappa shape index (κ2) is 2.66. The first-order valence-corrected chi connectivity index (χ1v) is 6.33. The van der Waals surface area contributed by atoms with Crippen LogP contribution >= 0.6 is 11.6 Å². The van der Waals surface area contributed by atoms with E-state index in [1.54, 1.807) is 6.42 Å². The molecular formula is C12H19Cl. The zero-order valence-electron chi connectivity index (χ0n) is 8.43. The van der Waals surface area contributed by atoms with Gasteiger partial charge < -0.3 is 0 Å². The molecule has 0 N–H and O–H groups in total. The minimum absolute atomic E-state index is 0.668. The van der Waals surface area contributed by atoms with E-state index in [0.29, 0.717) is 5.41 Å². The van der Waals surface area contributed by atoms with Gasteiger partial charge in [-0.25, -0.2) is 0 Å². The normalized spacial score (nSPS) is 58.6. The molecule has 3 rings (SSSR count). The predicted octanol–water partition coefficient (Wildman–Crippen LogP) is 3.69. The van der Waals surface area contributed by atoms with Crippen molar-refractivity contribution in [2.45, 2.75) is 39.0 Å². The van der Waals surface area contributed by atoms with Gasteiger partial charge in [0.1, 0.15) is 0 Å². The van der Waals surface area contributed by atoms with E-state index in [2.05, 4.69) is 6.92 Å². The maximum atomic E-state index is 5.96. The Kier molecular flexibility index (Phi) is 1.75. The summed E-state index contributed by atoms with van der Waals surface area (Å²) in [6.07, 6.45) is 7.57. The largest absolute Gasteiger partial charge is 0.126 e. The van der Waals surface area contributed by atoms with E-state index in [-0.39, 0.29) is 0 Å². The van der Waals surface area contributed by atoms with Crippen molar-refractivity contribution in [2.24, 2.45) is 29.1 Å². The molecule has 1 heteroatoms. The lowest BCUT2D eigenvalue weighted by Gasteiger charge is -2.28. The van der Waals surface area contributed by atoms with Gasteiger partial charge in [0.05, 0.1) is 0 Å². The average Bonchev–Trinajstić information content (AvgIpc) is 2.57. The molecule has 3 aliphatic rings. The zero-order valence-corrected chi connectivity index (χ0v) is 9.19. The van der Waals surface area contributed by atoms with Gasteiger partial charge in [-0.15, -0.1) is 11.6 Å². The highest BCUT2D eigenvalue weighted by molar-refractivity contribution is 6.18. The minimum Gasteiger partial charge on any atom is -0.126 e. The fourth-order valence-corrected chi connectivity index (χ4v) is 4.67. The van der Waals surface area contributed by atoms with Gasteiger partial charge in [-0.2, -0.15) is 0 Å². The Balaban J connectivity index is 1.74. The summed E-state index contributed by atoms with van der Waals surface area (Å²) < 4.78 is 0. The van der Waals surface area contributed by atoms with E-state index < -0.39 is 0 Å². The lowest BCUT2D eigenvalue weighted by Crippen LogP contribution is -2.21. The summed E-state index contributed by atoms with van der Waals surface area (Å²) in [5, 5.41) is 0. The van der Waals surface area contributed by atoms with Gasteiger partial charge in [-0.1, -0.05) is 13.3 Å². The van der Waals surface area contributed by atoms with Crippen molar-refractivity contribution in [1.82, 2.24) is 0 Å². The maximum absolute atomic E-state index is 5.96. The first-order chi connectivity index (χ1) is 6.24. The summed E-state index contributed by atoms with van der Waals surface area (Å²) >= 11 is 5.96. The molecule has 0 aromatic heterocycles. The second-order valence-corrected chi connectivity index (χ2v) is 6.15. The number of hydrogen-bond acceptors (Lipinski definition) is 0. The van der Waals surface area contributed by atoms with E-state index >= 15 is 0 Å². The van der Waals surface area contributed by atoms with Gasteiger partial charge in [0.15, 0.2) is 0 Å². The van der Waals surface area contributed by atoms with Crippen molar-refractivity contribution < 1.29 is 0 Å². The number of alkyl halides is 1. The third kappa shape index (κ3) is 1.11. The second-order valence-electron chi connectivity index (χ2n) is 5.84. The van der Waals surface area contributed by atoms with Gasteiger partial charge in [0.2, 0.25) is 0 Å². The minimum atomic E-state index is 0.668. The molecule has 0 heterocycles. The highest BCUT2D eigenvalue weighted by Crippen LogP contribution is 2.66. The van der Waals surface area contributed by atoms with E-state index in [1.807, 2.05) is 0 Å². The van der Waals surface area contributed by atoms with Crippen LogP contribution in [0.1, 0.15) is 39.0 Å². The Labute approximate surface area is 86.0 Å². The summed E-state index contributed by atoms with van der Waals surface area (Å²) in [4.78, 5) is 0. The van der Waals surface area contributed by atoms with Gasteiger partial charge >= 0.3 is 0 Å². The van der Waals surface area contributed by atoms with Crippen molar-refractivity contribution in [3.05, 3.63) is 0 Å². The van der Waals surface area contributed by atoms with Crippen LogP contribution in [0.5, 0.6) is 0 Å². The van der Waals surface area contributed by atoms with Crippen LogP contribution in [0.2, 0.25) is 0 Å². The highest BCUT2D eigenvalue weighted by atomic mass is 35.5. The summed E-state index contributed by atoms with van der Waals surface area (Å²) in [5.74, 6) is 5.00. The predicted molar refractivity (Wildman–Crippen MR) is 55.9 cm³/mol. The molecule has 13 heavy (non-hydrogen) atoms. The van der Waals surface area contributed by atoms with Crippen LogP contribution in [-0.4, -0.2) is 5.88 Å². The van der Waals surface area contributed by atoms with Gasteiger partial charge in [0.25, 0.3) is 0 Å². The molecule has 0 saturated heterocycles. The van der Waals surface area contributed by atoms with Gasteiger partial charge in [0, 0.05) is 5.88 Å². The first kappa shape index (κ1) is 8.59. The molecule has 2 bridgehead atoms. The van der Waals surface area contributed by atoms with Crippen molar-refractivity contribution in [2.75, 3.05) is 5.88 Å². The van der Waals surface area contributed by atoms with Gasteiger partial charge in [-0.3, -0.25) is 0 Å². The van der Waals surface area contributed by atoms with Crippen LogP contribution < -0.4 is 0 Å². The Morgan fingerprint density at radius 3 is 2.62 bits per heavy atom. The average molecular weight is 199 g/mol. The lowest BCUT2D eigenvalue weighted by molar-refractivity contribution is 0.210. The highest BCUT2D eigenvalue weighted by Gasteiger charge is 2.59. The molecule has 0 aromatic carbocycles. The van der Waals surface area contributed by atoms with Crippen molar-refractivity contribution in [1.29, 1.82) is 0 Å². The molecule has 3 saturated carbocycles. The topological polar surface area (TPSA) is 0 Å². The molecule has 3 fully saturated rings. The van der Waals surface area contributed by atoms with Crippen LogP contribution in [0.15, 0.2) is 0 Å².